The maximum Gasteiger partial charge on any atom is 0.261 e. The molecule has 2 aromatic rings. The van der Waals surface area contributed by atoms with Gasteiger partial charge in [0.1, 0.15) is 25.0 Å². The number of aromatic amines is 1. The molecule has 2 unspecified atom stereocenters. The van der Waals surface area contributed by atoms with Crippen LogP contribution in [0.1, 0.15) is 6.23 Å². The standard InChI is InChI=1S/C13H19N4O7PS/c1-21-5-7-9(24-25(20,26)22-2)8(18)12(23-7)17-4-3-6-10(17)15-13(14)16-11(6)19/h3-4,7-9,12,18H,5H2,1-2H3,(H,20,26)(H3,14,15,16,19)/p-1/t7-,8+,9?,12-,25?/m1/s1. The van der Waals surface area contributed by atoms with Crippen LogP contribution in [-0.4, -0.2) is 58.8 Å². The molecule has 1 saturated heterocycles. The summed E-state index contributed by atoms with van der Waals surface area (Å²) in [5.74, 6) is -0.0781. The second-order valence-electron chi connectivity index (χ2n) is 5.62. The predicted molar refractivity (Wildman–Crippen MR) is 92.7 cm³/mol. The van der Waals surface area contributed by atoms with Gasteiger partial charge in [-0.15, -0.1) is 0 Å². The normalized spacial score (nSPS) is 28.5. The van der Waals surface area contributed by atoms with Gasteiger partial charge in [0.05, 0.1) is 12.0 Å². The van der Waals surface area contributed by atoms with E-state index in [4.69, 9.17) is 31.5 Å². The van der Waals surface area contributed by atoms with Crippen LogP contribution in [0, 0.1) is 0 Å². The molecule has 0 bridgehead atoms. The monoisotopic (exact) mass is 405 g/mol. The number of rotatable bonds is 6. The maximum absolute atomic E-state index is 12.0. The quantitative estimate of drug-likeness (QED) is 0.500. The summed E-state index contributed by atoms with van der Waals surface area (Å²) in [6.07, 6.45) is -2.59. The van der Waals surface area contributed by atoms with Crippen LogP contribution in [0.25, 0.3) is 11.0 Å². The molecule has 0 amide bonds. The molecule has 13 heteroatoms. The van der Waals surface area contributed by atoms with Gasteiger partial charge in [-0.2, -0.15) is 4.98 Å². The van der Waals surface area contributed by atoms with Gasteiger partial charge in [-0.3, -0.25) is 9.78 Å². The van der Waals surface area contributed by atoms with Crippen LogP contribution in [0.15, 0.2) is 17.1 Å². The SMILES string of the molecule is COC[C@H]1O[C@@H](n2ccc3c(=O)[nH]c(N)nc32)[C@@H](O)C1OP([O-])(=S)OC. The second-order valence-corrected chi connectivity index (χ2v) is 8.43. The van der Waals surface area contributed by atoms with Crippen LogP contribution in [0.2, 0.25) is 0 Å². The maximum atomic E-state index is 12.0. The van der Waals surface area contributed by atoms with E-state index in [9.17, 15) is 14.8 Å². The molecule has 1 fully saturated rings. The van der Waals surface area contributed by atoms with E-state index in [0.717, 1.165) is 7.11 Å². The number of hydrogen-bond donors (Lipinski definition) is 3. The fourth-order valence-electron chi connectivity index (χ4n) is 2.84. The van der Waals surface area contributed by atoms with E-state index in [2.05, 4.69) is 14.5 Å². The van der Waals surface area contributed by atoms with E-state index < -0.39 is 36.8 Å². The summed E-state index contributed by atoms with van der Waals surface area (Å²) in [6.45, 7) is -3.75. The fraction of sp³-hybridized carbons (Fsp3) is 0.538. The van der Waals surface area contributed by atoms with Crippen LogP contribution in [-0.2, 0) is 30.3 Å². The summed E-state index contributed by atoms with van der Waals surface area (Å²) >= 11 is 4.74. The molecule has 1 aliphatic rings. The third-order valence-electron chi connectivity index (χ3n) is 3.99. The molecular formula is C13H18N4O7PS-. The lowest BCUT2D eigenvalue weighted by Crippen LogP contribution is -2.37. The van der Waals surface area contributed by atoms with Gasteiger partial charge in [0, 0.05) is 20.4 Å². The van der Waals surface area contributed by atoms with Gasteiger partial charge >= 0.3 is 0 Å². The lowest BCUT2D eigenvalue weighted by Gasteiger charge is -2.31. The molecule has 4 N–H and O–H groups in total. The van der Waals surface area contributed by atoms with Crippen molar-refractivity contribution in [3.63, 3.8) is 0 Å². The van der Waals surface area contributed by atoms with E-state index >= 15 is 0 Å². The van der Waals surface area contributed by atoms with Crippen molar-refractivity contribution in [2.75, 3.05) is 26.6 Å². The molecule has 0 saturated carbocycles. The average Bonchev–Trinajstić information content (AvgIpc) is 3.11. The number of nitrogens with zero attached hydrogens (tertiary/aromatic N) is 2. The highest BCUT2D eigenvalue weighted by molar-refractivity contribution is 8.06. The number of anilines is 1. The van der Waals surface area contributed by atoms with Crippen LogP contribution >= 0.6 is 6.72 Å². The van der Waals surface area contributed by atoms with Crippen molar-refractivity contribution in [1.29, 1.82) is 0 Å². The molecular weight excluding hydrogens is 387 g/mol. The summed E-state index contributed by atoms with van der Waals surface area (Å²) in [7, 11) is 2.59. The Bertz CT molecular complexity index is 902. The minimum atomic E-state index is -3.80. The number of ether oxygens (including phenoxy) is 2. The third kappa shape index (κ3) is 3.55. The topological polar surface area (TPSA) is 157 Å². The minimum absolute atomic E-state index is 0.0482. The number of hydrogen-bond acceptors (Lipinski definition) is 10. The summed E-state index contributed by atoms with van der Waals surface area (Å²) < 4.78 is 22.2. The molecule has 0 spiro atoms. The first-order chi connectivity index (χ1) is 12.3. The Morgan fingerprint density at radius 2 is 2.31 bits per heavy atom. The lowest BCUT2D eigenvalue weighted by atomic mass is 10.1. The van der Waals surface area contributed by atoms with Gasteiger partial charge in [-0.1, -0.05) is 11.8 Å². The second kappa shape index (κ2) is 7.33. The Morgan fingerprint density at radius 3 is 2.96 bits per heavy atom. The van der Waals surface area contributed by atoms with Gasteiger partial charge in [0.25, 0.3) is 5.56 Å². The fourth-order valence-corrected chi connectivity index (χ4v) is 3.78. The zero-order chi connectivity index (χ0) is 19.1. The van der Waals surface area contributed by atoms with Gasteiger partial charge in [0.15, 0.2) is 11.9 Å². The van der Waals surface area contributed by atoms with Crippen molar-refractivity contribution in [3.8, 4) is 0 Å². The molecule has 3 heterocycles. The number of nitrogens with one attached hydrogen (secondary N) is 1. The van der Waals surface area contributed by atoms with Gasteiger partial charge in [-0.05, 0) is 6.07 Å². The van der Waals surface area contributed by atoms with Crippen molar-refractivity contribution < 1.29 is 28.5 Å². The third-order valence-corrected chi connectivity index (χ3v) is 5.64. The molecule has 0 aromatic carbocycles. The number of fused-ring (bicyclic) bond motifs is 1. The van der Waals surface area contributed by atoms with Crippen LogP contribution in [0.5, 0.6) is 0 Å². The number of methoxy groups -OCH3 is 1. The number of aliphatic hydroxyl groups excluding tert-OH is 1. The van der Waals surface area contributed by atoms with E-state index in [-0.39, 0.29) is 23.6 Å². The molecule has 0 aliphatic carbocycles. The van der Waals surface area contributed by atoms with Gasteiger partial charge in [-0.25, -0.2) is 0 Å². The first-order valence-electron chi connectivity index (χ1n) is 7.51. The molecule has 3 rings (SSSR count). The lowest BCUT2D eigenvalue weighted by molar-refractivity contribution is -0.212. The van der Waals surface area contributed by atoms with Crippen molar-refractivity contribution in [3.05, 3.63) is 22.6 Å². The molecule has 2 aromatic heterocycles. The highest BCUT2D eigenvalue weighted by atomic mass is 32.5. The summed E-state index contributed by atoms with van der Waals surface area (Å²) in [6, 6.07) is 1.52. The smallest absolute Gasteiger partial charge is 0.261 e. The number of aliphatic hydroxyl groups is 1. The van der Waals surface area contributed by atoms with Crippen LogP contribution < -0.4 is 16.2 Å². The molecule has 5 atom stereocenters. The van der Waals surface area contributed by atoms with Crippen molar-refractivity contribution in [2.24, 2.45) is 0 Å². The highest BCUT2D eigenvalue weighted by Gasteiger charge is 2.47. The Balaban J connectivity index is 1.98. The number of aromatic nitrogens is 3. The van der Waals surface area contributed by atoms with Gasteiger partial charge < -0.3 is 38.8 Å². The van der Waals surface area contributed by atoms with E-state index in [0.29, 0.717) is 0 Å². The molecule has 1 aliphatic heterocycles. The average molecular weight is 405 g/mol. The molecule has 11 nitrogen and oxygen atoms in total. The zero-order valence-corrected chi connectivity index (χ0v) is 15.6. The van der Waals surface area contributed by atoms with E-state index in [1.54, 1.807) is 0 Å². The Labute approximate surface area is 152 Å². The first kappa shape index (κ1) is 19.4. The highest BCUT2D eigenvalue weighted by Crippen LogP contribution is 2.45. The van der Waals surface area contributed by atoms with E-state index in [1.807, 2.05) is 0 Å². The summed E-state index contributed by atoms with van der Waals surface area (Å²) in [5, 5.41) is 11.0. The Hall–Kier alpha value is -1.37. The molecule has 0 radical (unpaired) electrons. The molecule has 144 valence electrons. The summed E-state index contributed by atoms with van der Waals surface area (Å²) in [5.41, 5.74) is 5.40. The predicted octanol–water partition coefficient (Wildman–Crippen LogP) is -1.17. The van der Waals surface area contributed by atoms with E-state index in [1.165, 1.54) is 23.9 Å². The first-order valence-corrected chi connectivity index (χ1v) is 10.1. The van der Waals surface area contributed by atoms with Crippen molar-refractivity contribution >= 4 is 35.5 Å². The van der Waals surface area contributed by atoms with Gasteiger partial charge in [0.2, 0.25) is 5.95 Å². The number of nitrogens with two attached hydrogens (primary N) is 1. The number of nitrogen functional groups attached to an aromatic ring is 1. The van der Waals surface area contributed by atoms with Crippen molar-refractivity contribution in [2.45, 2.75) is 24.5 Å². The zero-order valence-electron chi connectivity index (χ0n) is 13.9. The van der Waals surface area contributed by atoms with Crippen molar-refractivity contribution in [1.82, 2.24) is 14.5 Å². The largest absolute Gasteiger partial charge is 0.780 e. The Kier molecular flexibility index (Phi) is 5.47. The minimum Gasteiger partial charge on any atom is -0.780 e. The van der Waals surface area contributed by atoms with Crippen LogP contribution in [0.3, 0.4) is 0 Å². The summed E-state index contributed by atoms with van der Waals surface area (Å²) in [4.78, 5) is 30.4. The Morgan fingerprint density at radius 1 is 1.58 bits per heavy atom. The van der Waals surface area contributed by atoms with Crippen LogP contribution in [0.4, 0.5) is 5.95 Å². The number of H-pyrrole nitrogens is 1. The molecule has 26 heavy (non-hydrogen) atoms.